The Labute approximate surface area is 272 Å². The number of hydrogen-bond donors (Lipinski definition) is 2. The number of hydrogen-bond acceptors (Lipinski definition) is 7. The van der Waals surface area contributed by atoms with E-state index in [1.165, 1.54) is 0 Å². The van der Waals surface area contributed by atoms with Gasteiger partial charge in [0.2, 0.25) is 17.7 Å². The lowest BCUT2D eigenvalue weighted by Gasteiger charge is -2.45. The van der Waals surface area contributed by atoms with Crippen LogP contribution in [0.15, 0.2) is 54.6 Å². The lowest BCUT2D eigenvalue weighted by Crippen LogP contribution is -2.60. The second kappa shape index (κ2) is 13.3. The molecule has 6 atom stereocenters. The second-order valence-electron chi connectivity index (χ2n) is 14.8. The molecular weight excluding hydrogens is 586 g/mol. The van der Waals surface area contributed by atoms with Crippen molar-refractivity contribution >= 4 is 23.7 Å². The molecule has 1 aromatic rings. The third-order valence-corrected chi connectivity index (χ3v) is 9.55. The molecule has 2 N–H and O–H groups in total. The lowest BCUT2D eigenvalue weighted by molar-refractivity contribution is -0.160. The summed E-state index contributed by atoms with van der Waals surface area (Å²) in [6, 6.07) is 8.22. The van der Waals surface area contributed by atoms with Gasteiger partial charge in [-0.1, -0.05) is 75.4 Å². The van der Waals surface area contributed by atoms with Gasteiger partial charge in [0, 0.05) is 31.7 Å². The molecule has 5 rings (SSSR count). The molecule has 10 heteroatoms. The number of aliphatic hydroxyl groups is 1. The highest BCUT2D eigenvalue weighted by atomic mass is 16.6. The van der Waals surface area contributed by atoms with E-state index in [0.29, 0.717) is 25.7 Å². The van der Waals surface area contributed by atoms with Crippen LogP contribution >= 0.6 is 0 Å². The zero-order valence-corrected chi connectivity index (χ0v) is 27.7. The van der Waals surface area contributed by atoms with Crippen LogP contribution in [0.25, 0.3) is 0 Å². The van der Waals surface area contributed by atoms with Gasteiger partial charge in [0.15, 0.2) is 0 Å². The summed E-state index contributed by atoms with van der Waals surface area (Å²) in [6.45, 7) is 11.1. The molecule has 46 heavy (non-hydrogen) atoms. The maximum absolute atomic E-state index is 15.0. The van der Waals surface area contributed by atoms with Crippen LogP contribution in [0.5, 0.6) is 0 Å². The first kappa shape index (κ1) is 33.9. The lowest BCUT2D eigenvalue weighted by atomic mass is 9.74. The summed E-state index contributed by atoms with van der Waals surface area (Å²) in [5.74, 6) is -3.24. The molecule has 1 aromatic carbocycles. The number of allylic oxidation sites excluding steroid dienone is 1. The fourth-order valence-corrected chi connectivity index (χ4v) is 7.95. The molecule has 10 nitrogen and oxygen atoms in total. The predicted octanol–water partition coefficient (Wildman–Crippen LogP) is 3.70. The smallest absolute Gasteiger partial charge is 0.313 e. The van der Waals surface area contributed by atoms with E-state index in [0.717, 1.165) is 5.56 Å². The topological polar surface area (TPSA) is 125 Å². The van der Waals surface area contributed by atoms with Gasteiger partial charge in [-0.3, -0.25) is 19.2 Å². The Morgan fingerprint density at radius 2 is 1.74 bits per heavy atom. The summed E-state index contributed by atoms with van der Waals surface area (Å²) >= 11 is 0. The monoisotopic (exact) mass is 635 g/mol. The number of unbranched alkanes of at least 4 members (excludes halogenated alkanes) is 1. The molecule has 1 spiro atoms. The number of benzene rings is 1. The average Bonchev–Trinajstić information content (AvgIpc) is 3.63. The van der Waals surface area contributed by atoms with Gasteiger partial charge in [-0.2, -0.15) is 0 Å². The summed E-state index contributed by atoms with van der Waals surface area (Å²) in [6.07, 6.45) is 8.31. The number of aliphatic hydroxyl groups excluding tert-OH is 1. The summed E-state index contributed by atoms with van der Waals surface area (Å²) in [5, 5.41) is 12.4. The minimum Gasteiger partial charge on any atom is -0.455 e. The van der Waals surface area contributed by atoms with Crippen molar-refractivity contribution in [1.82, 2.24) is 15.1 Å². The number of rotatable bonds is 7. The summed E-state index contributed by atoms with van der Waals surface area (Å²) < 4.78 is 12.7. The van der Waals surface area contributed by atoms with Crippen LogP contribution in [0.4, 0.5) is 0 Å². The molecule has 5 bridgehead atoms. The number of nitrogens with one attached hydrogen (secondary N) is 1. The normalized spacial score (nSPS) is 31.2. The van der Waals surface area contributed by atoms with Gasteiger partial charge in [0.05, 0.1) is 18.6 Å². The van der Waals surface area contributed by atoms with E-state index < -0.39 is 47.2 Å². The molecule has 0 unspecified atom stereocenters. The van der Waals surface area contributed by atoms with Gasteiger partial charge in [0.1, 0.15) is 23.7 Å². The Balaban J connectivity index is 1.58. The van der Waals surface area contributed by atoms with Crippen LogP contribution in [0.1, 0.15) is 78.4 Å². The molecule has 0 aliphatic carbocycles. The Bertz CT molecular complexity index is 1370. The highest BCUT2D eigenvalue weighted by Gasteiger charge is 2.73. The van der Waals surface area contributed by atoms with E-state index in [4.69, 9.17) is 9.47 Å². The van der Waals surface area contributed by atoms with Crippen molar-refractivity contribution in [2.75, 3.05) is 26.2 Å². The van der Waals surface area contributed by atoms with E-state index in [2.05, 4.69) is 26.1 Å². The van der Waals surface area contributed by atoms with Crippen LogP contribution in [0.3, 0.4) is 0 Å². The molecule has 4 aliphatic heterocycles. The summed E-state index contributed by atoms with van der Waals surface area (Å²) in [5.41, 5.74) is -1.31. The number of fused-ring (bicyclic) bond motifs is 2. The molecule has 2 saturated heterocycles. The average molecular weight is 636 g/mol. The molecular formula is C36H49N3O7. The van der Waals surface area contributed by atoms with Crippen molar-refractivity contribution < 1.29 is 33.8 Å². The summed E-state index contributed by atoms with van der Waals surface area (Å²) in [4.78, 5) is 59.6. The quantitative estimate of drug-likeness (QED) is 0.266. The third-order valence-electron chi connectivity index (χ3n) is 9.55. The Kier molecular flexibility index (Phi) is 9.80. The number of carbonyl (C=O) groups is 4. The standard InChI is InChI=1S/C36H49N3O7/c1-34(2,3)23-35(4,5)39-20-11-7-10-16-27(41)37-22-26(24-14-8-6-9-15-24)45-33(44)28-25-17-18-36(46-25)29(28)31(42)38(19-12-13-21-40)30(36)32(39)43/h6-9,11,14-15,17-18,25-26,28-30,40H,10,12-13,16,19-23H2,1-5H3,(H,37,41)/b11-7-/t25-,26-,28+,29+,30-,36+/m1/s1. The number of nitrogens with zero attached hydrogens (tertiary/aromatic N) is 2. The van der Waals surface area contributed by atoms with Crippen molar-refractivity contribution in [2.24, 2.45) is 17.3 Å². The Hall–Kier alpha value is -3.50. The second-order valence-corrected chi connectivity index (χ2v) is 14.8. The highest BCUT2D eigenvalue weighted by Crippen LogP contribution is 2.56. The van der Waals surface area contributed by atoms with Crippen LogP contribution in [-0.4, -0.2) is 88.1 Å². The van der Waals surface area contributed by atoms with Gasteiger partial charge < -0.3 is 29.7 Å². The Morgan fingerprint density at radius 1 is 1.00 bits per heavy atom. The van der Waals surface area contributed by atoms with Crippen molar-refractivity contribution in [3.05, 3.63) is 60.2 Å². The SMILES string of the molecule is CC(C)(C)CC(C)(C)N1C/C=C\CCC(=O)NC[C@H](c2ccccc2)OC(=O)[C@@H]2[C@H]3C(=O)N(CCCCO)[C@H](C1=O)[C@]31C=C[C@H]2O1. The van der Waals surface area contributed by atoms with E-state index in [9.17, 15) is 24.3 Å². The highest BCUT2D eigenvalue weighted by molar-refractivity contribution is 5.99. The molecule has 0 saturated carbocycles. The van der Waals surface area contributed by atoms with Crippen LogP contribution < -0.4 is 5.32 Å². The van der Waals surface area contributed by atoms with Crippen molar-refractivity contribution in [1.29, 1.82) is 0 Å². The predicted molar refractivity (Wildman–Crippen MR) is 172 cm³/mol. The van der Waals surface area contributed by atoms with E-state index in [-0.39, 0.29) is 55.8 Å². The first-order valence-electron chi connectivity index (χ1n) is 16.6. The van der Waals surface area contributed by atoms with Gasteiger partial charge in [-0.05, 0) is 50.5 Å². The molecule has 250 valence electrons. The largest absolute Gasteiger partial charge is 0.455 e. The van der Waals surface area contributed by atoms with Crippen LogP contribution in [0.2, 0.25) is 0 Å². The van der Waals surface area contributed by atoms with E-state index in [1.54, 1.807) is 11.0 Å². The maximum Gasteiger partial charge on any atom is 0.313 e. The molecule has 3 amide bonds. The molecule has 2 fully saturated rings. The number of cyclic esters (lactones) is 1. The minimum atomic E-state index is -1.33. The fourth-order valence-electron chi connectivity index (χ4n) is 7.95. The minimum absolute atomic E-state index is 0.0322. The molecule has 0 aromatic heterocycles. The first-order chi connectivity index (χ1) is 21.8. The van der Waals surface area contributed by atoms with Gasteiger partial charge >= 0.3 is 5.97 Å². The zero-order chi connectivity index (χ0) is 33.3. The van der Waals surface area contributed by atoms with Crippen LogP contribution in [-0.2, 0) is 28.7 Å². The maximum atomic E-state index is 15.0. The molecule has 4 heterocycles. The molecule has 4 aliphatic rings. The van der Waals surface area contributed by atoms with Crippen molar-refractivity contribution in [3.63, 3.8) is 0 Å². The number of likely N-dealkylation sites (tertiary alicyclic amines) is 1. The number of carbonyl (C=O) groups excluding carboxylic acids is 4. The third kappa shape index (κ3) is 6.65. The van der Waals surface area contributed by atoms with Crippen molar-refractivity contribution in [3.8, 4) is 0 Å². The van der Waals surface area contributed by atoms with Gasteiger partial charge in [-0.25, -0.2) is 0 Å². The van der Waals surface area contributed by atoms with Crippen LogP contribution in [0, 0.1) is 17.3 Å². The number of amides is 3. The van der Waals surface area contributed by atoms with Crippen molar-refractivity contribution in [2.45, 2.75) is 96.1 Å². The van der Waals surface area contributed by atoms with Gasteiger partial charge in [-0.15, -0.1) is 0 Å². The number of esters is 1. The first-order valence-corrected chi connectivity index (χ1v) is 16.6. The Morgan fingerprint density at radius 3 is 2.43 bits per heavy atom. The molecule has 0 radical (unpaired) electrons. The van der Waals surface area contributed by atoms with E-state index >= 15 is 0 Å². The number of ether oxygens (including phenoxy) is 2. The zero-order valence-electron chi connectivity index (χ0n) is 27.7. The summed E-state index contributed by atoms with van der Waals surface area (Å²) in [7, 11) is 0. The fraction of sp³-hybridized carbons (Fsp3) is 0.611. The van der Waals surface area contributed by atoms with Gasteiger partial charge in [0.25, 0.3) is 0 Å². The van der Waals surface area contributed by atoms with E-state index in [1.807, 2.05) is 67.3 Å².